The van der Waals surface area contributed by atoms with Crippen LogP contribution in [0.2, 0.25) is 0 Å². The van der Waals surface area contributed by atoms with Gasteiger partial charge in [0.15, 0.2) is 0 Å². The molecule has 0 fully saturated rings. The van der Waals surface area contributed by atoms with Gasteiger partial charge in [0.05, 0.1) is 22.5 Å². The molecule has 0 spiro atoms. The molecule has 0 bridgehead atoms. The molecule has 0 saturated carbocycles. The Kier molecular flexibility index (Phi) is 7.63. The van der Waals surface area contributed by atoms with Crippen LogP contribution in [0.15, 0.2) is 64.0 Å². The number of fused-ring (bicyclic) bond motifs is 2. The SMILES string of the molecule is CCN(CC)c1ccc2c(-c3ccc(N=C=S)cc3C(=O)O)c3ccc(=[N+](CC)CC)cc-3oc2c1. The summed E-state index contributed by atoms with van der Waals surface area (Å²) in [4.78, 5) is 18.6. The number of nitrogens with zero attached hydrogens (tertiary/aromatic N) is 3. The molecule has 0 amide bonds. The minimum Gasteiger partial charge on any atom is -0.478 e. The van der Waals surface area contributed by atoms with Gasteiger partial charge in [-0.05, 0) is 75.8 Å². The largest absolute Gasteiger partial charge is 0.478 e. The monoisotopic (exact) mass is 500 g/mol. The summed E-state index contributed by atoms with van der Waals surface area (Å²) in [7, 11) is 0. The third-order valence-electron chi connectivity index (χ3n) is 6.62. The van der Waals surface area contributed by atoms with Crippen LogP contribution >= 0.6 is 12.2 Å². The number of anilines is 1. The maximum atomic E-state index is 12.3. The fourth-order valence-electron chi connectivity index (χ4n) is 4.78. The summed E-state index contributed by atoms with van der Waals surface area (Å²) in [5.74, 6) is -0.330. The number of thiocarbonyl (C=S) groups is 1. The lowest BCUT2D eigenvalue weighted by Gasteiger charge is -2.22. The molecule has 0 saturated heterocycles. The normalized spacial score (nSPS) is 10.9. The molecule has 1 aliphatic carbocycles. The van der Waals surface area contributed by atoms with Gasteiger partial charge in [0.1, 0.15) is 24.4 Å². The molecule has 2 aliphatic rings. The van der Waals surface area contributed by atoms with Gasteiger partial charge < -0.3 is 14.4 Å². The number of isothiocyanates is 1. The third kappa shape index (κ3) is 4.68. The quantitative estimate of drug-likeness (QED) is 0.133. The van der Waals surface area contributed by atoms with E-state index in [0.29, 0.717) is 22.6 Å². The van der Waals surface area contributed by atoms with Gasteiger partial charge in [-0.3, -0.25) is 0 Å². The first-order valence-corrected chi connectivity index (χ1v) is 12.7. The van der Waals surface area contributed by atoms with E-state index >= 15 is 0 Å². The number of hydrogen-bond donors (Lipinski definition) is 1. The second kappa shape index (κ2) is 10.9. The van der Waals surface area contributed by atoms with Crippen LogP contribution in [0, 0.1) is 0 Å². The highest BCUT2D eigenvalue weighted by atomic mass is 32.1. The number of aromatic carboxylic acids is 1. The number of rotatable bonds is 8. The van der Waals surface area contributed by atoms with Crippen molar-refractivity contribution >= 4 is 45.7 Å². The molecule has 1 heterocycles. The van der Waals surface area contributed by atoms with Gasteiger partial charge in [0, 0.05) is 47.4 Å². The molecule has 1 N–H and O–H groups in total. The molecule has 0 aromatic heterocycles. The van der Waals surface area contributed by atoms with Crippen molar-refractivity contribution in [2.75, 3.05) is 31.1 Å². The van der Waals surface area contributed by atoms with Crippen LogP contribution < -0.4 is 14.8 Å². The highest BCUT2D eigenvalue weighted by molar-refractivity contribution is 7.78. The van der Waals surface area contributed by atoms with Crippen LogP contribution in [0.3, 0.4) is 0 Å². The summed E-state index contributed by atoms with van der Waals surface area (Å²) in [6.45, 7) is 12.0. The van der Waals surface area contributed by atoms with Crippen molar-refractivity contribution < 1.29 is 14.3 Å². The number of carboxylic acid groups (broad SMARTS) is 1. The fourth-order valence-corrected chi connectivity index (χ4v) is 4.88. The Morgan fingerprint density at radius 1 is 1.00 bits per heavy atom. The van der Waals surface area contributed by atoms with Crippen LogP contribution in [0.5, 0.6) is 0 Å². The zero-order chi connectivity index (χ0) is 25.8. The third-order valence-corrected chi connectivity index (χ3v) is 6.72. The van der Waals surface area contributed by atoms with Gasteiger partial charge in [0.2, 0.25) is 5.36 Å². The van der Waals surface area contributed by atoms with Crippen molar-refractivity contribution in [2.24, 2.45) is 4.99 Å². The van der Waals surface area contributed by atoms with Crippen LogP contribution in [0.4, 0.5) is 11.4 Å². The molecule has 4 rings (SSSR count). The number of carbonyl (C=O) groups is 1. The molecule has 7 heteroatoms. The Bertz CT molecular complexity index is 1520. The van der Waals surface area contributed by atoms with E-state index in [0.717, 1.165) is 53.7 Å². The van der Waals surface area contributed by atoms with E-state index in [1.54, 1.807) is 12.1 Å². The number of hydrogen-bond acceptors (Lipinski definition) is 5. The van der Waals surface area contributed by atoms with Crippen molar-refractivity contribution in [1.29, 1.82) is 0 Å². The average Bonchev–Trinajstić information content (AvgIpc) is 2.89. The van der Waals surface area contributed by atoms with Crippen molar-refractivity contribution in [1.82, 2.24) is 4.58 Å². The average molecular weight is 501 g/mol. The van der Waals surface area contributed by atoms with Crippen LogP contribution in [-0.4, -0.2) is 42.4 Å². The first kappa shape index (κ1) is 25.3. The van der Waals surface area contributed by atoms with E-state index in [-0.39, 0.29) is 5.56 Å². The summed E-state index contributed by atoms with van der Waals surface area (Å²) in [6.07, 6.45) is 0. The summed E-state index contributed by atoms with van der Waals surface area (Å²) in [5, 5.41) is 14.3. The number of benzene rings is 3. The Morgan fingerprint density at radius 2 is 1.72 bits per heavy atom. The van der Waals surface area contributed by atoms with E-state index in [2.05, 4.69) is 59.5 Å². The lowest BCUT2D eigenvalue weighted by atomic mass is 9.90. The summed E-state index contributed by atoms with van der Waals surface area (Å²) >= 11 is 4.72. The predicted octanol–water partition coefficient (Wildman–Crippen LogP) is 6.30. The van der Waals surface area contributed by atoms with Crippen LogP contribution in [0.1, 0.15) is 38.1 Å². The van der Waals surface area contributed by atoms with E-state index in [9.17, 15) is 9.90 Å². The van der Waals surface area contributed by atoms with E-state index in [1.165, 1.54) is 6.07 Å². The molecule has 0 unspecified atom stereocenters. The number of aliphatic imine (C=N–C) groups is 1. The highest BCUT2D eigenvalue weighted by Crippen LogP contribution is 2.42. The van der Waals surface area contributed by atoms with Gasteiger partial charge in [-0.25, -0.2) is 9.37 Å². The topological polar surface area (TPSA) is 69.1 Å². The Balaban J connectivity index is 2.14. The fraction of sp³-hybridized carbons (Fsp3) is 0.276. The van der Waals surface area contributed by atoms with Gasteiger partial charge in [0.25, 0.3) is 0 Å². The first-order valence-electron chi connectivity index (χ1n) is 12.2. The molecule has 1 aliphatic heterocycles. The van der Waals surface area contributed by atoms with Gasteiger partial charge in [-0.2, -0.15) is 4.99 Å². The summed E-state index contributed by atoms with van der Waals surface area (Å²) < 4.78 is 8.74. The molecule has 6 nitrogen and oxygen atoms in total. The Hall–Kier alpha value is -3.80. The first-order chi connectivity index (χ1) is 17.4. The van der Waals surface area contributed by atoms with Crippen LogP contribution in [0.25, 0.3) is 33.4 Å². The van der Waals surface area contributed by atoms with Gasteiger partial charge >= 0.3 is 5.97 Å². The molecular formula is C29H30N3O3S+. The van der Waals surface area contributed by atoms with Gasteiger partial charge in [-0.1, -0.05) is 6.07 Å². The second-order valence-electron chi connectivity index (χ2n) is 8.42. The maximum Gasteiger partial charge on any atom is 0.336 e. The molecule has 184 valence electrons. The van der Waals surface area contributed by atoms with Crippen molar-refractivity contribution in [3.63, 3.8) is 0 Å². The highest BCUT2D eigenvalue weighted by Gasteiger charge is 2.23. The molecule has 36 heavy (non-hydrogen) atoms. The maximum absolute atomic E-state index is 12.3. The standard InChI is InChI=1S/C29H29N3O3S/c1-5-31(6-2)20-10-13-23-26(16-20)35-27-17-21(32(7-3)8-4)11-14-24(27)28(23)22-12-9-19(30-18-36)15-25(22)29(33)34/h9-17H,5-8H2,1-4H3/p+1. The molecular weight excluding hydrogens is 470 g/mol. The zero-order valence-electron chi connectivity index (χ0n) is 21.0. The summed E-state index contributed by atoms with van der Waals surface area (Å²) in [6, 6.07) is 17.3. The van der Waals surface area contributed by atoms with E-state index in [1.807, 2.05) is 24.3 Å². The smallest absolute Gasteiger partial charge is 0.336 e. The molecule has 0 radical (unpaired) electrons. The van der Waals surface area contributed by atoms with E-state index < -0.39 is 5.97 Å². The Labute approximate surface area is 216 Å². The van der Waals surface area contributed by atoms with Crippen molar-refractivity contribution in [2.45, 2.75) is 27.7 Å². The molecule has 2 aromatic rings. The lowest BCUT2D eigenvalue weighted by Crippen LogP contribution is -2.29. The van der Waals surface area contributed by atoms with Crippen molar-refractivity contribution in [3.8, 4) is 22.5 Å². The molecule has 0 atom stereocenters. The minimum absolute atomic E-state index is 0.149. The number of carboxylic acids is 1. The zero-order valence-corrected chi connectivity index (χ0v) is 21.9. The molecule has 2 aromatic carbocycles. The lowest BCUT2D eigenvalue weighted by molar-refractivity contribution is 0.0697. The minimum atomic E-state index is -1.03. The van der Waals surface area contributed by atoms with Crippen molar-refractivity contribution in [3.05, 3.63) is 65.5 Å². The van der Waals surface area contributed by atoms with Crippen LogP contribution in [-0.2, 0) is 0 Å². The van der Waals surface area contributed by atoms with Gasteiger partial charge in [-0.15, -0.1) is 0 Å². The Morgan fingerprint density at radius 3 is 2.36 bits per heavy atom. The second-order valence-corrected chi connectivity index (χ2v) is 8.60. The summed E-state index contributed by atoms with van der Waals surface area (Å²) in [5.41, 5.74) is 4.63. The predicted molar refractivity (Wildman–Crippen MR) is 150 cm³/mol. The van der Waals surface area contributed by atoms with E-state index in [4.69, 9.17) is 16.6 Å².